The molecule has 5 heteroatoms. The van der Waals surface area contributed by atoms with Crippen LogP contribution in [0.4, 0.5) is 0 Å². The molecule has 1 saturated heterocycles. The Hall–Kier alpha value is -0.200. The van der Waals surface area contributed by atoms with Gasteiger partial charge in [0.15, 0.2) is 0 Å². The second-order valence-electron chi connectivity index (χ2n) is 4.52. The Kier molecular flexibility index (Phi) is 6.23. The van der Waals surface area contributed by atoms with Crippen molar-refractivity contribution in [2.75, 3.05) is 47.1 Å². The molecule has 16 heavy (non-hydrogen) atoms. The topological polar surface area (TPSA) is 62.2 Å². The van der Waals surface area contributed by atoms with E-state index in [9.17, 15) is 10.2 Å². The summed E-state index contributed by atoms with van der Waals surface area (Å²) in [7, 11) is 3.50. The van der Waals surface area contributed by atoms with Gasteiger partial charge in [-0.05, 0) is 13.5 Å². The van der Waals surface area contributed by atoms with Gasteiger partial charge < -0.3 is 24.6 Å². The lowest BCUT2D eigenvalue weighted by molar-refractivity contribution is -0.0490. The van der Waals surface area contributed by atoms with Crippen molar-refractivity contribution in [3.63, 3.8) is 0 Å². The van der Waals surface area contributed by atoms with Gasteiger partial charge in [-0.1, -0.05) is 0 Å². The zero-order valence-electron chi connectivity index (χ0n) is 10.1. The standard InChI is InChI=1S/C11H23NO4/c1-12(6-10(13)8-15-2)5-9-7-16-4-3-11(9)14/h9-11,13-14H,3-8H2,1-2H3. The van der Waals surface area contributed by atoms with Crippen LogP contribution >= 0.6 is 0 Å². The molecule has 5 nitrogen and oxygen atoms in total. The van der Waals surface area contributed by atoms with Crippen LogP contribution < -0.4 is 0 Å². The van der Waals surface area contributed by atoms with Gasteiger partial charge >= 0.3 is 0 Å². The second kappa shape index (κ2) is 7.19. The lowest BCUT2D eigenvalue weighted by Gasteiger charge is -2.31. The third-order valence-electron chi connectivity index (χ3n) is 2.86. The third-order valence-corrected chi connectivity index (χ3v) is 2.86. The Balaban J connectivity index is 2.24. The van der Waals surface area contributed by atoms with Crippen LogP contribution in [0.15, 0.2) is 0 Å². The van der Waals surface area contributed by atoms with Gasteiger partial charge in [0.05, 0.1) is 25.4 Å². The number of nitrogens with zero attached hydrogens (tertiary/aromatic N) is 1. The summed E-state index contributed by atoms with van der Waals surface area (Å²) in [5.74, 6) is 0.147. The number of rotatable bonds is 6. The molecule has 0 spiro atoms. The monoisotopic (exact) mass is 233 g/mol. The molecular weight excluding hydrogens is 210 g/mol. The molecule has 1 heterocycles. The molecule has 1 aliphatic heterocycles. The van der Waals surface area contributed by atoms with Crippen LogP contribution in [0.25, 0.3) is 0 Å². The Morgan fingerprint density at radius 1 is 1.56 bits per heavy atom. The maximum atomic E-state index is 9.76. The van der Waals surface area contributed by atoms with Crippen molar-refractivity contribution in [3.05, 3.63) is 0 Å². The predicted molar refractivity (Wildman–Crippen MR) is 60.3 cm³/mol. The fourth-order valence-electron chi connectivity index (χ4n) is 2.04. The van der Waals surface area contributed by atoms with Crippen molar-refractivity contribution >= 4 is 0 Å². The van der Waals surface area contributed by atoms with Crippen molar-refractivity contribution in [2.24, 2.45) is 5.92 Å². The molecule has 0 bridgehead atoms. The van der Waals surface area contributed by atoms with Crippen LogP contribution in [0.3, 0.4) is 0 Å². The molecule has 0 radical (unpaired) electrons. The minimum Gasteiger partial charge on any atom is -0.393 e. The first-order valence-electron chi connectivity index (χ1n) is 5.74. The van der Waals surface area contributed by atoms with E-state index in [4.69, 9.17) is 9.47 Å². The van der Waals surface area contributed by atoms with E-state index in [1.54, 1.807) is 7.11 Å². The number of likely N-dealkylation sites (N-methyl/N-ethyl adjacent to an activating group) is 1. The van der Waals surface area contributed by atoms with Gasteiger partial charge in [0.1, 0.15) is 0 Å². The van der Waals surface area contributed by atoms with Gasteiger partial charge in [-0.3, -0.25) is 0 Å². The van der Waals surface area contributed by atoms with E-state index in [0.29, 0.717) is 32.8 Å². The largest absolute Gasteiger partial charge is 0.393 e. The van der Waals surface area contributed by atoms with E-state index in [1.807, 2.05) is 11.9 Å². The normalized spacial score (nSPS) is 28.3. The Morgan fingerprint density at radius 2 is 2.31 bits per heavy atom. The van der Waals surface area contributed by atoms with Crippen molar-refractivity contribution in [3.8, 4) is 0 Å². The fraction of sp³-hybridized carbons (Fsp3) is 1.00. The zero-order valence-corrected chi connectivity index (χ0v) is 10.1. The lowest BCUT2D eigenvalue weighted by Crippen LogP contribution is -2.42. The van der Waals surface area contributed by atoms with Gasteiger partial charge in [-0.25, -0.2) is 0 Å². The number of hydrogen-bond acceptors (Lipinski definition) is 5. The maximum absolute atomic E-state index is 9.76. The molecule has 0 saturated carbocycles. The summed E-state index contributed by atoms with van der Waals surface area (Å²) in [6, 6.07) is 0. The minimum absolute atomic E-state index is 0.147. The Morgan fingerprint density at radius 3 is 2.94 bits per heavy atom. The molecular formula is C11H23NO4. The Labute approximate surface area is 97.0 Å². The van der Waals surface area contributed by atoms with E-state index < -0.39 is 6.10 Å². The summed E-state index contributed by atoms with van der Waals surface area (Å²) in [6.45, 7) is 2.88. The highest BCUT2D eigenvalue weighted by Gasteiger charge is 2.25. The summed E-state index contributed by atoms with van der Waals surface area (Å²) in [5, 5.41) is 19.3. The number of ether oxygens (including phenoxy) is 2. The van der Waals surface area contributed by atoms with E-state index in [2.05, 4.69) is 0 Å². The third kappa shape index (κ3) is 4.76. The Bertz CT molecular complexity index is 191. The van der Waals surface area contributed by atoms with E-state index >= 15 is 0 Å². The highest BCUT2D eigenvalue weighted by atomic mass is 16.5. The van der Waals surface area contributed by atoms with Crippen molar-refractivity contribution < 1.29 is 19.7 Å². The molecule has 96 valence electrons. The first-order valence-corrected chi connectivity index (χ1v) is 5.74. The highest BCUT2D eigenvalue weighted by molar-refractivity contribution is 4.76. The van der Waals surface area contributed by atoms with Gasteiger partial charge in [0.2, 0.25) is 0 Å². The van der Waals surface area contributed by atoms with Crippen LogP contribution in [0, 0.1) is 5.92 Å². The molecule has 0 aromatic heterocycles. The minimum atomic E-state index is -0.475. The quantitative estimate of drug-likeness (QED) is 0.636. The average molecular weight is 233 g/mol. The summed E-state index contributed by atoms with van der Waals surface area (Å²) in [6.07, 6.45) is -0.0495. The summed E-state index contributed by atoms with van der Waals surface area (Å²) in [5.41, 5.74) is 0. The molecule has 0 aromatic carbocycles. The molecule has 1 aliphatic rings. The summed E-state index contributed by atoms with van der Waals surface area (Å²) < 4.78 is 10.2. The number of aliphatic hydroxyl groups excluding tert-OH is 2. The van der Waals surface area contributed by atoms with Gasteiger partial charge in [-0.2, -0.15) is 0 Å². The molecule has 3 atom stereocenters. The fourth-order valence-corrected chi connectivity index (χ4v) is 2.04. The predicted octanol–water partition coefficient (Wildman–Crippen LogP) is -0.677. The van der Waals surface area contributed by atoms with Crippen molar-refractivity contribution in [1.29, 1.82) is 0 Å². The molecule has 0 aliphatic carbocycles. The number of aliphatic hydroxyl groups is 2. The molecule has 1 rings (SSSR count). The van der Waals surface area contributed by atoms with E-state index in [0.717, 1.165) is 6.54 Å². The maximum Gasteiger partial charge on any atom is 0.0899 e. The first-order chi connectivity index (χ1) is 7.63. The number of methoxy groups -OCH3 is 1. The van der Waals surface area contributed by atoms with Gasteiger partial charge in [0.25, 0.3) is 0 Å². The van der Waals surface area contributed by atoms with E-state index in [1.165, 1.54) is 0 Å². The molecule has 3 unspecified atom stereocenters. The zero-order chi connectivity index (χ0) is 12.0. The van der Waals surface area contributed by atoms with Crippen LogP contribution in [0.2, 0.25) is 0 Å². The van der Waals surface area contributed by atoms with Crippen molar-refractivity contribution in [1.82, 2.24) is 4.90 Å². The molecule has 0 amide bonds. The van der Waals surface area contributed by atoms with Crippen LogP contribution in [0.5, 0.6) is 0 Å². The molecule has 0 aromatic rings. The molecule has 2 N–H and O–H groups in total. The highest BCUT2D eigenvalue weighted by Crippen LogP contribution is 2.15. The smallest absolute Gasteiger partial charge is 0.0899 e. The van der Waals surface area contributed by atoms with Crippen LogP contribution in [-0.2, 0) is 9.47 Å². The first kappa shape index (κ1) is 13.9. The SMILES string of the molecule is COCC(O)CN(C)CC1COCCC1O. The summed E-state index contributed by atoms with van der Waals surface area (Å²) in [4.78, 5) is 2.01. The van der Waals surface area contributed by atoms with Crippen LogP contribution in [-0.4, -0.2) is 74.4 Å². The van der Waals surface area contributed by atoms with Gasteiger partial charge in [0, 0.05) is 32.7 Å². The van der Waals surface area contributed by atoms with Crippen molar-refractivity contribution in [2.45, 2.75) is 18.6 Å². The van der Waals surface area contributed by atoms with Gasteiger partial charge in [-0.15, -0.1) is 0 Å². The average Bonchev–Trinajstić information content (AvgIpc) is 2.21. The van der Waals surface area contributed by atoms with E-state index in [-0.39, 0.29) is 12.0 Å². The van der Waals surface area contributed by atoms with Crippen LogP contribution in [0.1, 0.15) is 6.42 Å². The molecule has 1 fully saturated rings. The second-order valence-corrected chi connectivity index (χ2v) is 4.52. The number of hydrogen-bond donors (Lipinski definition) is 2. The lowest BCUT2D eigenvalue weighted by atomic mass is 9.98. The summed E-state index contributed by atoms with van der Waals surface area (Å²) >= 11 is 0.